The summed E-state index contributed by atoms with van der Waals surface area (Å²) in [4.78, 5) is 0. The summed E-state index contributed by atoms with van der Waals surface area (Å²) in [7, 11) is 0. The van der Waals surface area contributed by atoms with Crippen LogP contribution in [0.1, 0.15) is 37.7 Å². The molecule has 1 N–H and O–H groups in total. The second-order valence-corrected chi connectivity index (χ2v) is 5.38. The Bertz CT molecular complexity index is 350. The van der Waals surface area contributed by atoms with Crippen LogP contribution in [-0.2, 0) is 0 Å². The molecule has 1 aliphatic rings. The van der Waals surface area contributed by atoms with E-state index in [9.17, 15) is 0 Å². The molecule has 86 valence electrons. The average Bonchev–Trinajstić information content (AvgIpc) is 2.31. The van der Waals surface area contributed by atoms with Crippen molar-refractivity contribution in [3.8, 4) is 0 Å². The second kappa shape index (κ2) is 5.53. The number of hydrogen-bond donors (Lipinski definition) is 1. The summed E-state index contributed by atoms with van der Waals surface area (Å²) >= 11 is 3.44. The summed E-state index contributed by atoms with van der Waals surface area (Å²) < 4.78 is 1.11. The molecule has 1 aromatic carbocycles. The molecular weight excluding hydrogens is 262 g/mol. The Morgan fingerprint density at radius 1 is 1.12 bits per heavy atom. The van der Waals surface area contributed by atoms with Crippen LogP contribution in [0.2, 0.25) is 0 Å². The first-order valence-corrected chi connectivity index (χ1v) is 6.76. The molecule has 2 heteroatoms. The number of rotatable bonds is 3. The SMILES string of the molecule is C=C(NC1CCCCC1)c1ccc(Br)cc1. The van der Waals surface area contributed by atoms with Crippen LogP contribution in [0.5, 0.6) is 0 Å². The molecule has 0 radical (unpaired) electrons. The van der Waals surface area contributed by atoms with Gasteiger partial charge in [-0.2, -0.15) is 0 Å². The zero-order valence-electron chi connectivity index (χ0n) is 9.51. The smallest absolute Gasteiger partial charge is 0.0342 e. The lowest BCUT2D eigenvalue weighted by atomic mass is 9.95. The zero-order chi connectivity index (χ0) is 11.4. The molecule has 1 aliphatic carbocycles. The van der Waals surface area contributed by atoms with E-state index < -0.39 is 0 Å². The normalized spacial score (nSPS) is 17.1. The molecule has 0 spiro atoms. The van der Waals surface area contributed by atoms with Crippen molar-refractivity contribution in [1.29, 1.82) is 0 Å². The Labute approximate surface area is 106 Å². The van der Waals surface area contributed by atoms with E-state index in [0.717, 1.165) is 10.2 Å². The first kappa shape index (κ1) is 11.7. The van der Waals surface area contributed by atoms with E-state index in [0.29, 0.717) is 6.04 Å². The molecule has 0 heterocycles. The van der Waals surface area contributed by atoms with Gasteiger partial charge in [-0.3, -0.25) is 0 Å². The summed E-state index contributed by atoms with van der Waals surface area (Å²) in [5.74, 6) is 0. The first-order chi connectivity index (χ1) is 7.75. The fourth-order valence-corrected chi connectivity index (χ4v) is 2.49. The van der Waals surface area contributed by atoms with Crippen molar-refractivity contribution in [1.82, 2.24) is 5.32 Å². The lowest BCUT2D eigenvalue weighted by Crippen LogP contribution is -2.29. The van der Waals surface area contributed by atoms with Crippen LogP contribution in [0.25, 0.3) is 5.70 Å². The van der Waals surface area contributed by atoms with E-state index in [4.69, 9.17) is 0 Å². The third-order valence-electron chi connectivity index (χ3n) is 3.18. The van der Waals surface area contributed by atoms with Gasteiger partial charge in [-0.05, 0) is 30.5 Å². The molecule has 0 aromatic heterocycles. The molecule has 2 rings (SSSR count). The minimum absolute atomic E-state index is 0.630. The minimum Gasteiger partial charge on any atom is -0.382 e. The van der Waals surface area contributed by atoms with Crippen LogP contribution in [0.3, 0.4) is 0 Å². The van der Waals surface area contributed by atoms with Crippen molar-refractivity contribution < 1.29 is 0 Å². The maximum absolute atomic E-state index is 4.12. The molecule has 16 heavy (non-hydrogen) atoms. The van der Waals surface area contributed by atoms with Crippen molar-refractivity contribution in [3.63, 3.8) is 0 Å². The summed E-state index contributed by atoms with van der Waals surface area (Å²) in [6, 6.07) is 8.95. The van der Waals surface area contributed by atoms with Crippen LogP contribution in [0.15, 0.2) is 35.3 Å². The van der Waals surface area contributed by atoms with Crippen molar-refractivity contribution in [2.45, 2.75) is 38.1 Å². The standard InChI is InChI=1S/C14H18BrN/c1-11(12-7-9-13(15)10-8-12)16-14-5-3-2-4-6-14/h7-10,14,16H,1-6H2. The van der Waals surface area contributed by atoms with Crippen molar-refractivity contribution in [3.05, 3.63) is 40.9 Å². The van der Waals surface area contributed by atoms with Gasteiger partial charge >= 0.3 is 0 Å². The maximum Gasteiger partial charge on any atom is 0.0342 e. The Morgan fingerprint density at radius 3 is 2.38 bits per heavy atom. The van der Waals surface area contributed by atoms with Crippen molar-refractivity contribution in [2.75, 3.05) is 0 Å². The van der Waals surface area contributed by atoms with Crippen LogP contribution in [-0.4, -0.2) is 6.04 Å². The van der Waals surface area contributed by atoms with Gasteiger partial charge in [0.2, 0.25) is 0 Å². The van der Waals surface area contributed by atoms with Crippen LogP contribution >= 0.6 is 15.9 Å². The largest absolute Gasteiger partial charge is 0.382 e. The predicted octanol–water partition coefficient (Wildman–Crippen LogP) is 4.34. The van der Waals surface area contributed by atoms with Gasteiger partial charge in [0, 0.05) is 16.2 Å². The van der Waals surface area contributed by atoms with Crippen LogP contribution < -0.4 is 5.32 Å². The Balaban J connectivity index is 1.94. The van der Waals surface area contributed by atoms with Gasteiger partial charge in [-0.25, -0.2) is 0 Å². The molecular formula is C14H18BrN. The van der Waals surface area contributed by atoms with Crippen LogP contribution in [0.4, 0.5) is 0 Å². The van der Waals surface area contributed by atoms with Gasteiger partial charge in [0.05, 0.1) is 0 Å². The third-order valence-corrected chi connectivity index (χ3v) is 3.70. The van der Waals surface area contributed by atoms with Gasteiger partial charge in [-0.15, -0.1) is 0 Å². The van der Waals surface area contributed by atoms with Crippen LogP contribution in [0, 0.1) is 0 Å². The fourth-order valence-electron chi connectivity index (χ4n) is 2.23. The molecule has 1 aromatic rings. The molecule has 1 fully saturated rings. The molecule has 0 aliphatic heterocycles. The van der Waals surface area contributed by atoms with E-state index in [2.05, 4.69) is 52.1 Å². The summed E-state index contributed by atoms with van der Waals surface area (Å²) in [6.45, 7) is 4.12. The fraction of sp³-hybridized carbons (Fsp3) is 0.429. The van der Waals surface area contributed by atoms with E-state index >= 15 is 0 Å². The number of halogens is 1. The van der Waals surface area contributed by atoms with Gasteiger partial charge in [0.15, 0.2) is 0 Å². The zero-order valence-corrected chi connectivity index (χ0v) is 11.1. The van der Waals surface area contributed by atoms with E-state index in [1.165, 1.54) is 37.7 Å². The topological polar surface area (TPSA) is 12.0 Å². The highest BCUT2D eigenvalue weighted by Gasteiger charge is 2.13. The number of hydrogen-bond acceptors (Lipinski definition) is 1. The lowest BCUT2D eigenvalue weighted by molar-refractivity contribution is 0.409. The van der Waals surface area contributed by atoms with Gasteiger partial charge in [0.1, 0.15) is 0 Å². The monoisotopic (exact) mass is 279 g/mol. The molecule has 0 bridgehead atoms. The third kappa shape index (κ3) is 3.11. The van der Waals surface area contributed by atoms with Gasteiger partial charge < -0.3 is 5.32 Å². The molecule has 0 saturated heterocycles. The minimum atomic E-state index is 0.630. The lowest BCUT2D eigenvalue weighted by Gasteiger charge is -2.25. The number of nitrogens with one attached hydrogen (secondary N) is 1. The molecule has 1 nitrogen and oxygen atoms in total. The Morgan fingerprint density at radius 2 is 1.75 bits per heavy atom. The molecule has 0 amide bonds. The quantitative estimate of drug-likeness (QED) is 0.868. The van der Waals surface area contributed by atoms with E-state index in [1.807, 2.05) is 0 Å². The van der Waals surface area contributed by atoms with Gasteiger partial charge in [0.25, 0.3) is 0 Å². The van der Waals surface area contributed by atoms with Crippen molar-refractivity contribution in [2.24, 2.45) is 0 Å². The number of benzene rings is 1. The van der Waals surface area contributed by atoms with E-state index in [-0.39, 0.29) is 0 Å². The summed E-state index contributed by atoms with van der Waals surface area (Å²) in [5.41, 5.74) is 2.24. The average molecular weight is 280 g/mol. The Kier molecular flexibility index (Phi) is 4.05. The first-order valence-electron chi connectivity index (χ1n) is 5.97. The highest BCUT2D eigenvalue weighted by molar-refractivity contribution is 9.10. The highest BCUT2D eigenvalue weighted by atomic mass is 79.9. The Hall–Kier alpha value is -0.760. The van der Waals surface area contributed by atoms with Crippen molar-refractivity contribution >= 4 is 21.6 Å². The summed E-state index contributed by atoms with van der Waals surface area (Å²) in [6.07, 6.45) is 6.67. The molecule has 0 atom stereocenters. The van der Waals surface area contributed by atoms with Gasteiger partial charge in [-0.1, -0.05) is 53.9 Å². The second-order valence-electron chi connectivity index (χ2n) is 4.46. The van der Waals surface area contributed by atoms with E-state index in [1.54, 1.807) is 0 Å². The summed E-state index contributed by atoms with van der Waals surface area (Å²) in [5, 5.41) is 3.54. The molecule has 0 unspecified atom stereocenters. The predicted molar refractivity (Wildman–Crippen MR) is 73.2 cm³/mol. The molecule has 1 saturated carbocycles. The maximum atomic E-state index is 4.12. The highest BCUT2D eigenvalue weighted by Crippen LogP contribution is 2.21.